The zero-order chi connectivity index (χ0) is 12.3. The van der Waals surface area contributed by atoms with Gasteiger partial charge in [-0.2, -0.15) is 5.26 Å². The molecule has 2 rings (SSSR count). The minimum Gasteiger partial charge on any atom is -0.381 e. The minimum atomic E-state index is -0.430. The van der Waals surface area contributed by atoms with Crippen molar-refractivity contribution >= 4 is 17.3 Å². The Balaban J connectivity index is 2.09. The van der Waals surface area contributed by atoms with Crippen LogP contribution in [0.1, 0.15) is 25.7 Å². The molecule has 4 heteroatoms. The SMILES string of the molecule is N#CC1CCCCC1Nc1ccc(Cl)c(F)c1. The van der Waals surface area contributed by atoms with E-state index in [-0.39, 0.29) is 17.0 Å². The summed E-state index contributed by atoms with van der Waals surface area (Å²) in [5, 5.41) is 12.4. The number of nitriles is 1. The van der Waals surface area contributed by atoms with Gasteiger partial charge in [0.1, 0.15) is 5.82 Å². The molecule has 0 heterocycles. The van der Waals surface area contributed by atoms with Gasteiger partial charge in [0.25, 0.3) is 0 Å². The molecule has 0 aromatic heterocycles. The third-order valence-corrected chi connectivity index (χ3v) is 3.51. The summed E-state index contributed by atoms with van der Waals surface area (Å²) in [6.07, 6.45) is 4.10. The fraction of sp³-hybridized carbons (Fsp3) is 0.462. The van der Waals surface area contributed by atoms with Crippen LogP contribution in [0.25, 0.3) is 0 Å². The van der Waals surface area contributed by atoms with E-state index in [9.17, 15) is 4.39 Å². The van der Waals surface area contributed by atoms with Crippen molar-refractivity contribution < 1.29 is 4.39 Å². The third kappa shape index (κ3) is 2.89. The first-order valence-corrected chi connectivity index (χ1v) is 6.19. The smallest absolute Gasteiger partial charge is 0.143 e. The minimum absolute atomic E-state index is 0.0162. The maximum Gasteiger partial charge on any atom is 0.143 e. The average molecular weight is 253 g/mol. The highest BCUT2D eigenvalue weighted by atomic mass is 35.5. The van der Waals surface area contributed by atoms with Crippen LogP contribution in [0, 0.1) is 23.1 Å². The van der Waals surface area contributed by atoms with Crippen molar-refractivity contribution in [3.05, 3.63) is 29.0 Å². The van der Waals surface area contributed by atoms with Crippen molar-refractivity contribution in [2.24, 2.45) is 5.92 Å². The van der Waals surface area contributed by atoms with Gasteiger partial charge in [-0.1, -0.05) is 24.4 Å². The average Bonchev–Trinajstić information content (AvgIpc) is 2.34. The maximum atomic E-state index is 13.3. The molecule has 2 nitrogen and oxygen atoms in total. The second-order valence-electron chi connectivity index (χ2n) is 4.40. The molecule has 0 spiro atoms. The van der Waals surface area contributed by atoms with Gasteiger partial charge < -0.3 is 5.32 Å². The van der Waals surface area contributed by atoms with E-state index in [1.807, 2.05) is 0 Å². The molecule has 0 bridgehead atoms. The molecule has 1 fully saturated rings. The van der Waals surface area contributed by atoms with E-state index in [2.05, 4.69) is 11.4 Å². The molecule has 90 valence electrons. The summed E-state index contributed by atoms with van der Waals surface area (Å²) >= 11 is 5.62. The van der Waals surface area contributed by atoms with Crippen LogP contribution in [0.15, 0.2) is 18.2 Å². The Hall–Kier alpha value is -1.27. The topological polar surface area (TPSA) is 35.8 Å². The van der Waals surface area contributed by atoms with Crippen molar-refractivity contribution in [1.82, 2.24) is 0 Å². The molecule has 1 aromatic carbocycles. The number of benzene rings is 1. The van der Waals surface area contributed by atoms with Gasteiger partial charge in [-0.05, 0) is 31.0 Å². The summed E-state index contributed by atoms with van der Waals surface area (Å²) in [6, 6.07) is 7.09. The molecule has 0 aliphatic heterocycles. The van der Waals surface area contributed by atoms with Gasteiger partial charge in [0.05, 0.1) is 17.0 Å². The normalized spacial score (nSPS) is 24.1. The maximum absolute atomic E-state index is 13.3. The summed E-state index contributed by atoms with van der Waals surface area (Å²) in [6.45, 7) is 0. The Morgan fingerprint density at radius 2 is 2.12 bits per heavy atom. The molecule has 1 N–H and O–H groups in total. The number of hydrogen-bond donors (Lipinski definition) is 1. The highest BCUT2D eigenvalue weighted by Crippen LogP contribution is 2.27. The Bertz CT molecular complexity index is 442. The molecule has 1 aliphatic rings. The lowest BCUT2D eigenvalue weighted by atomic mass is 9.85. The largest absolute Gasteiger partial charge is 0.381 e. The first kappa shape index (κ1) is 12.2. The lowest BCUT2D eigenvalue weighted by Gasteiger charge is -2.28. The molecule has 2 atom stereocenters. The highest BCUT2D eigenvalue weighted by molar-refractivity contribution is 6.30. The predicted octanol–water partition coefficient (Wildman–Crippen LogP) is 3.97. The zero-order valence-corrected chi connectivity index (χ0v) is 10.2. The van der Waals surface area contributed by atoms with Gasteiger partial charge in [-0.25, -0.2) is 4.39 Å². The molecule has 0 radical (unpaired) electrons. The van der Waals surface area contributed by atoms with E-state index in [4.69, 9.17) is 16.9 Å². The van der Waals surface area contributed by atoms with Gasteiger partial charge >= 0.3 is 0 Å². The molecule has 1 aromatic rings. The molecule has 0 amide bonds. The van der Waals surface area contributed by atoms with E-state index in [1.165, 1.54) is 12.1 Å². The van der Waals surface area contributed by atoms with E-state index >= 15 is 0 Å². The van der Waals surface area contributed by atoms with Gasteiger partial charge in [-0.3, -0.25) is 0 Å². The number of hydrogen-bond acceptors (Lipinski definition) is 2. The van der Waals surface area contributed by atoms with E-state index in [1.54, 1.807) is 6.07 Å². The fourth-order valence-corrected chi connectivity index (χ4v) is 2.38. The van der Waals surface area contributed by atoms with Crippen molar-refractivity contribution in [2.75, 3.05) is 5.32 Å². The number of nitrogens with one attached hydrogen (secondary N) is 1. The Morgan fingerprint density at radius 1 is 1.35 bits per heavy atom. The summed E-state index contributed by atoms with van der Waals surface area (Å²) in [4.78, 5) is 0. The van der Waals surface area contributed by atoms with Crippen molar-refractivity contribution in [2.45, 2.75) is 31.7 Å². The summed E-state index contributed by atoms with van der Waals surface area (Å²) < 4.78 is 13.3. The molecule has 2 unspecified atom stereocenters. The Kier molecular flexibility index (Phi) is 3.86. The van der Waals surface area contributed by atoms with Crippen LogP contribution < -0.4 is 5.32 Å². The quantitative estimate of drug-likeness (QED) is 0.864. The van der Waals surface area contributed by atoms with Crippen LogP contribution >= 0.6 is 11.6 Å². The standard InChI is InChI=1S/C13H14ClFN2/c14-11-6-5-10(7-12(11)15)17-13-4-2-1-3-9(13)8-16/h5-7,9,13,17H,1-4H2. The Morgan fingerprint density at radius 3 is 2.82 bits per heavy atom. The second kappa shape index (κ2) is 5.37. The molecular formula is C13H14ClFN2. The van der Waals surface area contributed by atoms with Gasteiger partial charge in [0.15, 0.2) is 0 Å². The summed E-state index contributed by atoms with van der Waals surface area (Å²) in [5.41, 5.74) is 0.694. The van der Waals surface area contributed by atoms with Crippen molar-refractivity contribution in [1.29, 1.82) is 5.26 Å². The molecule has 1 aliphatic carbocycles. The number of nitrogens with zero attached hydrogens (tertiary/aromatic N) is 1. The monoisotopic (exact) mass is 252 g/mol. The first-order chi connectivity index (χ1) is 8.20. The number of rotatable bonds is 2. The van der Waals surface area contributed by atoms with E-state index in [0.29, 0.717) is 5.69 Å². The number of halogens is 2. The van der Waals surface area contributed by atoms with E-state index in [0.717, 1.165) is 25.7 Å². The second-order valence-corrected chi connectivity index (χ2v) is 4.81. The van der Waals surface area contributed by atoms with Crippen LogP contribution in [0.2, 0.25) is 5.02 Å². The van der Waals surface area contributed by atoms with Crippen LogP contribution in [0.5, 0.6) is 0 Å². The lowest BCUT2D eigenvalue weighted by Crippen LogP contribution is -2.31. The van der Waals surface area contributed by atoms with Gasteiger partial charge in [0, 0.05) is 11.7 Å². The van der Waals surface area contributed by atoms with Crippen molar-refractivity contribution in [3.8, 4) is 6.07 Å². The molecule has 1 saturated carbocycles. The lowest BCUT2D eigenvalue weighted by molar-refractivity contribution is 0.388. The van der Waals surface area contributed by atoms with Gasteiger partial charge in [-0.15, -0.1) is 0 Å². The fourth-order valence-electron chi connectivity index (χ4n) is 2.26. The summed E-state index contributed by atoms with van der Waals surface area (Å²) in [7, 11) is 0. The van der Waals surface area contributed by atoms with Crippen LogP contribution in [-0.4, -0.2) is 6.04 Å². The van der Waals surface area contributed by atoms with Crippen molar-refractivity contribution in [3.63, 3.8) is 0 Å². The number of anilines is 1. The van der Waals surface area contributed by atoms with Gasteiger partial charge in [0.2, 0.25) is 0 Å². The highest BCUT2D eigenvalue weighted by Gasteiger charge is 2.24. The summed E-state index contributed by atoms with van der Waals surface area (Å²) in [5.74, 6) is -0.413. The molecular weight excluding hydrogens is 239 g/mol. The van der Waals surface area contributed by atoms with Crippen LogP contribution in [0.4, 0.5) is 10.1 Å². The predicted molar refractivity (Wildman–Crippen MR) is 66.4 cm³/mol. The first-order valence-electron chi connectivity index (χ1n) is 5.82. The van der Waals surface area contributed by atoms with Crippen LogP contribution in [0.3, 0.4) is 0 Å². The van der Waals surface area contributed by atoms with E-state index < -0.39 is 5.82 Å². The zero-order valence-electron chi connectivity index (χ0n) is 9.42. The third-order valence-electron chi connectivity index (χ3n) is 3.20. The molecule has 17 heavy (non-hydrogen) atoms. The Labute approximate surface area is 105 Å². The molecule has 0 saturated heterocycles. The van der Waals surface area contributed by atoms with Crippen LogP contribution in [-0.2, 0) is 0 Å².